The molecule has 0 atom stereocenters. The highest BCUT2D eigenvalue weighted by Crippen LogP contribution is 2.22. The van der Waals surface area contributed by atoms with Crippen molar-refractivity contribution in [1.29, 1.82) is 0 Å². The van der Waals surface area contributed by atoms with Crippen LogP contribution in [0.5, 0.6) is 5.88 Å². The molecule has 0 bridgehead atoms. The highest BCUT2D eigenvalue weighted by molar-refractivity contribution is 5.95. The summed E-state index contributed by atoms with van der Waals surface area (Å²) >= 11 is 0. The third-order valence-electron chi connectivity index (χ3n) is 4.72. The maximum Gasteiger partial charge on any atom is 0.337 e. The molecule has 3 rings (SSSR count). The van der Waals surface area contributed by atoms with Crippen LogP contribution in [0.25, 0.3) is 0 Å². The van der Waals surface area contributed by atoms with Crippen LogP contribution in [0, 0.1) is 0 Å². The molecule has 1 aromatic heterocycles. The van der Waals surface area contributed by atoms with Gasteiger partial charge < -0.3 is 10.2 Å². The smallest absolute Gasteiger partial charge is 0.337 e. The zero-order chi connectivity index (χ0) is 20.1. The number of rotatable bonds is 6. The maximum atomic E-state index is 12.1. The first-order valence-corrected chi connectivity index (χ1v) is 9.07. The minimum atomic E-state index is -1.16. The summed E-state index contributed by atoms with van der Waals surface area (Å²) in [5, 5.41) is 19.7. The summed E-state index contributed by atoms with van der Waals surface area (Å²) in [6.07, 6.45) is 8.10. The van der Waals surface area contributed by atoms with Crippen LogP contribution in [0.15, 0.2) is 50.5 Å². The fourth-order valence-electron chi connectivity index (χ4n) is 3.19. The lowest BCUT2D eigenvalue weighted by Crippen LogP contribution is -2.32. The van der Waals surface area contributed by atoms with Gasteiger partial charge in [0.25, 0.3) is 5.56 Å². The molecule has 0 spiro atoms. The minimum Gasteiger partial charge on any atom is -0.494 e. The molecule has 146 valence electrons. The summed E-state index contributed by atoms with van der Waals surface area (Å²) in [7, 11) is 0. The molecule has 1 heterocycles. The molecule has 1 aromatic carbocycles. The topological polar surface area (TPSA) is 125 Å². The Morgan fingerprint density at radius 2 is 2.04 bits per heavy atom. The number of carbonyl (C=O) groups is 1. The van der Waals surface area contributed by atoms with Crippen LogP contribution in [-0.2, 0) is 6.54 Å². The third kappa shape index (κ3) is 4.28. The van der Waals surface area contributed by atoms with Crippen LogP contribution in [0.3, 0.4) is 0 Å². The fraction of sp³-hybridized carbons (Fsp3) is 0.300. The van der Waals surface area contributed by atoms with Crippen molar-refractivity contribution >= 4 is 17.9 Å². The largest absolute Gasteiger partial charge is 0.494 e. The average Bonchev–Trinajstić information content (AvgIpc) is 2.68. The zero-order valence-electron chi connectivity index (χ0n) is 15.2. The second-order valence-corrected chi connectivity index (χ2v) is 6.59. The van der Waals surface area contributed by atoms with E-state index in [2.05, 4.69) is 16.1 Å². The highest BCUT2D eigenvalue weighted by atomic mass is 16.4. The van der Waals surface area contributed by atoms with Crippen molar-refractivity contribution in [2.24, 2.45) is 4.99 Å². The Balaban J connectivity index is 1.91. The van der Waals surface area contributed by atoms with E-state index in [-0.39, 0.29) is 23.4 Å². The van der Waals surface area contributed by atoms with E-state index in [4.69, 9.17) is 0 Å². The van der Waals surface area contributed by atoms with E-state index in [1.807, 2.05) is 0 Å². The number of aromatic carboxylic acids is 1. The van der Waals surface area contributed by atoms with E-state index in [0.717, 1.165) is 36.5 Å². The number of hydrogen-bond acceptors (Lipinski definition) is 5. The predicted molar refractivity (Wildman–Crippen MR) is 105 cm³/mol. The van der Waals surface area contributed by atoms with Gasteiger partial charge in [0.05, 0.1) is 11.3 Å². The number of para-hydroxylation sites is 1. The van der Waals surface area contributed by atoms with Gasteiger partial charge in [-0.25, -0.2) is 9.59 Å². The van der Waals surface area contributed by atoms with Crippen molar-refractivity contribution in [2.75, 3.05) is 0 Å². The van der Waals surface area contributed by atoms with Gasteiger partial charge >= 0.3 is 11.7 Å². The van der Waals surface area contributed by atoms with Crippen molar-refractivity contribution in [3.05, 3.63) is 67.9 Å². The predicted octanol–water partition coefficient (Wildman–Crippen LogP) is 2.58. The zero-order valence-corrected chi connectivity index (χ0v) is 15.2. The lowest BCUT2D eigenvalue weighted by Gasteiger charge is -2.14. The molecule has 8 nitrogen and oxygen atoms in total. The Labute approximate surface area is 160 Å². The van der Waals surface area contributed by atoms with E-state index < -0.39 is 23.1 Å². The van der Waals surface area contributed by atoms with Gasteiger partial charge in [-0.2, -0.15) is 0 Å². The van der Waals surface area contributed by atoms with Crippen LogP contribution >= 0.6 is 0 Å². The number of aromatic hydroxyl groups is 1. The molecule has 0 aliphatic heterocycles. The Bertz CT molecular complexity index is 1060. The first-order chi connectivity index (χ1) is 13.5. The maximum absolute atomic E-state index is 12.1. The lowest BCUT2D eigenvalue weighted by molar-refractivity contribution is 0.0698. The molecule has 1 aliphatic rings. The molecule has 8 heteroatoms. The summed E-state index contributed by atoms with van der Waals surface area (Å²) in [5.74, 6) is -1.64. The number of aliphatic imine (C=N–C) groups is 1. The number of hydrogen-bond donors (Lipinski definition) is 3. The molecular formula is C20H21N3O5. The van der Waals surface area contributed by atoms with E-state index in [1.165, 1.54) is 17.7 Å². The van der Waals surface area contributed by atoms with Crippen LogP contribution in [0.2, 0.25) is 0 Å². The molecule has 0 fully saturated rings. The van der Waals surface area contributed by atoms with Gasteiger partial charge in [0.2, 0.25) is 5.88 Å². The van der Waals surface area contributed by atoms with Crippen molar-refractivity contribution in [3.63, 3.8) is 0 Å². The van der Waals surface area contributed by atoms with Crippen molar-refractivity contribution in [3.8, 4) is 5.88 Å². The molecule has 0 amide bonds. The molecule has 3 N–H and O–H groups in total. The van der Waals surface area contributed by atoms with Crippen molar-refractivity contribution < 1.29 is 15.0 Å². The van der Waals surface area contributed by atoms with Crippen LogP contribution in [0.4, 0.5) is 5.69 Å². The quantitative estimate of drug-likeness (QED) is 0.522. The number of benzene rings is 1. The highest BCUT2D eigenvalue weighted by Gasteiger charge is 2.14. The van der Waals surface area contributed by atoms with Gasteiger partial charge in [-0.05, 0) is 44.2 Å². The second kappa shape index (κ2) is 8.51. The Morgan fingerprint density at radius 1 is 1.25 bits per heavy atom. The number of carboxylic acids is 1. The van der Waals surface area contributed by atoms with Gasteiger partial charge in [0.15, 0.2) is 0 Å². The van der Waals surface area contributed by atoms with Crippen LogP contribution < -0.4 is 11.2 Å². The van der Waals surface area contributed by atoms with Crippen molar-refractivity contribution in [2.45, 2.75) is 38.6 Å². The molecular weight excluding hydrogens is 362 g/mol. The fourth-order valence-corrected chi connectivity index (χ4v) is 3.19. The summed E-state index contributed by atoms with van der Waals surface area (Å²) in [6.45, 7) is 0.236. The van der Waals surface area contributed by atoms with Crippen molar-refractivity contribution in [1.82, 2.24) is 9.55 Å². The summed E-state index contributed by atoms with van der Waals surface area (Å²) in [4.78, 5) is 41.7. The van der Waals surface area contributed by atoms with Gasteiger partial charge in [0.1, 0.15) is 5.56 Å². The van der Waals surface area contributed by atoms with Crippen LogP contribution in [-0.4, -0.2) is 31.9 Å². The summed E-state index contributed by atoms with van der Waals surface area (Å²) < 4.78 is 1.10. The van der Waals surface area contributed by atoms with E-state index in [1.54, 1.807) is 12.1 Å². The van der Waals surface area contributed by atoms with Gasteiger partial charge in [0, 0.05) is 12.8 Å². The van der Waals surface area contributed by atoms with Gasteiger partial charge in [-0.1, -0.05) is 23.8 Å². The summed E-state index contributed by atoms with van der Waals surface area (Å²) in [6, 6.07) is 6.05. The number of aromatic amines is 1. The van der Waals surface area contributed by atoms with Gasteiger partial charge in [-0.15, -0.1) is 0 Å². The van der Waals surface area contributed by atoms with Gasteiger partial charge in [-0.3, -0.25) is 19.3 Å². The third-order valence-corrected chi connectivity index (χ3v) is 4.72. The first kappa shape index (κ1) is 19.3. The lowest BCUT2D eigenvalue weighted by atomic mass is 9.97. The van der Waals surface area contributed by atoms with Crippen LogP contribution in [0.1, 0.15) is 48.0 Å². The first-order valence-electron chi connectivity index (χ1n) is 9.07. The second-order valence-electron chi connectivity index (χ2n) is 6.59. The number of carboxylic acid groups (broad SMARTS) is 1. The monoisotopic (exact) mass is 383 g/mol. The number of nitrogens with zero attached hydrogens (tertiary/aromatic N) is 2. The molecule has 28 heavy (non-hydrogen) atoms. The number of aromatic nitrogens is 2. The molecule has 0 saturated heterocycles. The van der Waals surface area contributed by atoms with E-state index >= 15 is 0 Å². The number of allylic oxidation sites excluding steroid dienone is 2. The Morgan fingerprint density at radius 3 is 2.75 bits per heavy atom. The molecule has 0 radical (unpaired) electrons. The molecule has 1 aliphatic carbocycles. The number of H-pyrrole nitrogens is 1. The molecule has 0 unspecified atom stereocenters. The minimum absolute atomic E-state index is 0.0350. The SMILES string of the molecule is O=C(O)c1ccccc1N=Cc1c(O)n(CCC2=CCCCC2)c(=O)[nH]c1=O. The Hall–Kier alpha value is -3.42. The summed E-state index contributed by atoms with van der Waals surface area (Å²) in [5.41, 5.74) is -0.341. The average molecular weight is 383 g/mol. The van der Waals surface area contributed by atoms with E-state index in [9.17, 15) is 24.6 Å². The Kier molecular flexibility index (Phi) is 5.88. The molecule has 0 saturated carbocycles. The number of nitrogens with one attached hydrogen (secondary N) is 1. The normalized spacial score (nSPS) is 14.2. The molecule has 2 aromatic rings. The standard InChI is InChI=1S/C20H21N3O5/c24-17-15(12-21-16-9-5-4-8-14(16)19(26)27)18(25)23(20(28)22-17)11-10-13-6-2-1-3-7-13/h4-6,8-9,12,25H,1-3,7,10-11H2,(H,26,27)(H,22,24,28). The van der Waals surface area contributed by atoms with E-state index in [0.29, 0.717) is 6.42 Å².